The van der Waals surface area contributed by atoms with Crippen LogP contribution in [0.15, 0.2) is 23.2 Å². The van der Waals surface area contributed by atoms with E-state index in [1.807, 2.05) is 0 Å². The normalized spacial score (nSPS) is 17.9. The predicted molar refractivity (Wildman–Crippen MR) is 67.9 cm³/mol. The third-order valence-corrected chi connectivity index (χ3v) is 3.48. The standard InChI is InChI=1S/C13H14ClNO3/c1-17-12-3-2-10(14)8-11(12)13(15-9-16)4-6-18-7-5-13/h2-3,8H,4-7H2,1H3. The SMILES string of the molecule is COc1ccc(Cl)cc1C1(N=C=O)CCOCC1. The van der Waals surface area contributed by atoms with Crippen molar-refractivity contribution in [3.63, 3.8) is 0 Å². The molecule has 18 heavy (non-hydrogen) atoms. The van der Waals surface area contributed by atoms with Crippen LogP contribution in [-0.2, 0) is 15.1 Å². The van der Waals surface area contributed by atoms with Gasteiger partial charge in [-0.15, -0.1) is 0 Å². The Hall–Kier alpha value is -1.35. The summed E-state index contributed by atoms with van der Waals surface area (Å²) in [6.07, 6.45) is 2.92. The Bertz CT molecular complexity index is 477. The molecule has 0 atom stereocenters. The zero-order valence-corrected chi connectivity index (χ0v) is 10.9. The summed E-state index contributed by atoms with van der Waals surface area (Å²) in [6, 6.07) is 5.34. The molecule has 5 heteroatoms. The van der Waals surface area contributed by atoms with Crippen LogP contribution in [-0.4, -0.2) is 26.4 Å². The Morgan fingerprint density at radius 2 is 2.17 bits per heavy atom. The van der Waals surface area contributed by atoms with Gasteiger partial charge in [0.1, 0.15) is 11.3 Å². The van der Waals surface area contributed by atoms with Gasteiger partial charge in [0.2, 0.25) is 6.08 Å². The summed E-state index contributed by atoms with van der Waals surface area (Å²) in [5.74, 6) is 0.681. The van der Waals surface area contributed by atoms with E-state index in [0.29, 0.717) is 36.8 Å². The van der Waals surface area contributed by atoms with Gasteiger partial charge in [0.25, 0.3) is 0 Å². The molecule has 0 aromatic heterocycles. The van der Waals surface area contributed by atoms with Crippen LogP contribution in [0.2, 0.25) is 5.02 Å². The number of carbonyl (C=O) groups excluding carboxylic acids is 1. The highest BCUT2D eigenvalue weighted by Gasteiger charge is 2.37. The molecule has 1 heterocycles. The third-order valence-electron chi connectivity index (χ3n) is 3.24. The molecule has 0 unspecified atom stereocenters. The fourth-order valence-electron chi connectivity index (χ4n) is 2.28. The highest BCUT2D eigenvalue weighted by Crippen LogP contribution is 2.41. The minimum Gasteiger partial charge on any atom is -0.496 e. The Labute approximate surface area is 111 Å². The van der Waals surface area contributed by atoms with Gasteiger partial charge in [0.15, 0.2) is 0 Å². The summed E-state index contributed by atoms with van der Waals surface area (Å²) in [5.41, 5.74) is 0.195. The lowest BCUT2D eigenvalue weighted by Gasteiger charge is -2.33. The van der Waals surface area contributed by atoms with E-state index in [-0.39, 0.29) is 0 Å². The summed E-state index contributed by atoms with van der Waals surface area (Å²) in [7, 11) is 1.59. The Balaban J connectivity index is 2.53. The number of methoxy groups -OCH3 is 1. The fourth-order valence-corrected chi connectivity index (χ4v) is 2.45. The molecule has 1 aromatic carbocycles. The van der Waals surface area contributed by atoms with Crippen molar-refractivity contribution >= 4 is 17.7 Å². The molecule has 1 aromatic rings. The molecule has 1 aliphatic rings. The first-order chi connectivity index (χ1) is 8.72. The van der Waals surface area contributed by atoms with E-state index >= 15 is 0 Å². The maximum Gasteiger partial charge on any atom is 0.235 e. The molecule has 0 amide bonds. The summed E-state index contributed by atoms with van der Waals surface area (Å²) >= 11 is 6.03. The molecule has 1 saturated heterocycles. The van der Waals surface area contributed by atoms with Gasteiger partial charge in [-0.2, -0.15) is 4.99 Å². The van der Waals surface area contributed by atoms with Crippen molar-refractivity contribution in [2.45, 2.75) is 18.4 Å². The van der Waals surface area contributed by atoms with Crippen LogP contribution in [0.25, 0.3) is 0 Å². The lowest BCUT2D eigenvalue weighted by Crippen LogP contribution is -2.32. The molecule has 4 nitrogen and oxygen atoms in total. The molecule has 0 aliphatic carbocycles. The predicted octanol–water partition coefficient (Wildman–Crippen LogP) is 2.69. The van der Waals surface area contributed by atoms with E-state index in [0.717, 1.165) is 5.56 Å². The lowest BCUT2D eigenvalue weighted by molar-refractivity contribution is 0.0523. The second-order valence-electron chi connectivity index (χ2n) is 4.19. The van der Waals surface area contributed by atoms with Gasteiger partial charge in [0, 0.05) is 36.6 Å². The average Bonchev–Trinajstić information content (AvgIpc) is 2.40. The van der Waals surface area contributed by atoms with Crippen molar-refractivity contribution in [3.8, 4) is 5.75 Å². The molecule has 0 bridgehead atoms. The smallest absolute Gasteiger partial charge is 0.235 e. The van der Waals surface area contributed by atoms with E-state index < -0.39 is 5.54 Å². The van der Waals surface area contributed by atoms with Crippen molar-refractivity contribution in [1.29, 1.82) is 0 Å². The quantitative estimate of drug-likeness (QED) is 0.625. The van der Waals surface area contributed by atoms with Gasteiger partial charge in [-0.3, -0.25) is 0 Å². The first-order valence-electron chi connectivity index (χ1n) is 5.73. The number of rotatable bonds is 3. The van der Waals surface area contributed by atoms with Crippen molar-refractivity contribution in [2.24, 2.45) is 4.99 Å². The first kappa shape index (κ1) is 13.1. The van der Waals surface area contributed by atoms with Crippen molar-refractivity contribution in [2.75, 3.05) is 20.3 Å². The van der Waals surface area contributed by atoms with E-state index in [1.165, 1.54) is 0 Å². The minimum atomic E-state index is -0.629. The van der Waals surface area contributed by atoms with Crippen LogP contribution >= 0.6 is 11.6 Å². The molecule has 1 fully saturated rings. The number of halogens is 1. The number of hydrogen-bond acceptors (Lipinski definition) is 4. The van der Waals surface area contributed by atoms with Gasteiger partial charge in [-0.05, 0) is 18.2 Å². The van der Waals surface area contributed by atoms with Crippen molar-refractivity contribution < 1.29 is 14.3 Å². The maximum atomic E-state index is 10.7. The number of ether oxygens (including phenoxy) is 2. The van der Waals surface area contributed by atoms with Crippen LogP contribution in [0.3, 0.4) is 0 Å². The second kappa shape index (κ2) is 5.53. The molecular weight excluding hydrogens is 254 g/mol. The highest BCUT2D eigenvalue weighted by atomic mass is 35.5. The van der Waals surface area contributed by atoms with E-state index in [1.54, 1.807) is 31.4 Å². The number of isocyanates is 1. The van der Waals surface area contributed by atoms with Gasteiger partial charge < -0.3 is 9.47 Å². The summed E-state index contributed by atoms with van der Waals surface area (Å²) in [5, 5.41) is 0.595. The summed E-state index contributed by atoms with van der Waals surface area (Å²) < 4.78 is 10.7. The third kappa shape index (κ3) is 2.41. The Kier molecular flexibility index (Phi) is 4.02. The monoisotopic (exact) mass is 267 g/mol. The lowest BCUT2D eigenvalue weighted by atomic mass is 9.83. The number of benzene rings is 1. The maximum absolute atomic E-state index is 10.7. The van der Waals surface area contributed by atoms with Gasteiger partial charge >= 0.3 is 0 Å². The molecule has 0 N–H and O–H groups in total. The largest absolute Gasteiger partial charge is 0.496 e. The summed E-state index contributed by atoms with van der Waals surface area (Å²) in [4.78, 5) is 14.7. The van der Waals surface area contributed by atoms with E-state index in [4.69, 9.17) is 21.1 Å². The number of hydrogen-bond donors (Lipinski definition) is 0. The molecule has 0 saturated carbocycles. The second-order valence-corrected chi connectivity index (χ2v) is 4.63. The first-order valence-corrected chi connectivity index (χ1v) is 6.10. The molecule has 0 radical (unpaired) electrons. The Morgan fingerprint density at radius 3 is 2.78 bits per heavy atom. The van der Waals surface area contributed by atoms with Gasteiger partial charge in [0.05, 0.1) is 7.11 Å². The fraction of sp³-hybridized carbons (Fsp3) is 0.462. The zero-order chi connectivity index (χ0) is 13.0. The van der Waals surface area contributed by atoms with Crippen molar-refractivity contribution in [3.05, 3.63) is 28.8 Å². The van der Waals surface area contributed by atoms with Crippen LogP contribution in [0.1, 0.15) is 18.4 Å². The van der Waals surface area contributed by atoms with Gasteiger partial charge in [-0.1, -0.05) is 11.6 Å². The molecule has 96 valence electrons. The Morgan fingerprint density at radius 1 is 1.44 bits per heavy atom. The topological polar surface area (TPSA) is 47.9 Å². The highest BCUT2D eigenvalue weighted by molar-refractivity contribution is 6.30. The molecule has 1 aliphatic heterocycles. The zero-order valence-electron chi connectivity index (χ0n) is 10.1. The summed E-state index contributed by atoms with van der Waals surface area (Å²) in [6.45, 7) is 1.11. The number of aliphatic imine (C=N–C) groups is 1. The molecule has 2 rings (SSSR count). The van der Waals surface area contributed by atoms with E-state index in [9.17, 15) is 4.79 Å². The van der Waals surface area contributed by atoms with E-state index in [2.05, 4.69) is 4.99 Å². The van der Waals surface area contributed by atoms with Crippen LogP contribution in [0.4, 0.5) is 0 Å². The van der Waals surface area contributed by atoms with Crippen molar-refractivity contribution in [1.82, 2.24) is 0 Å². The van der Waals surface area contributed by atoms with Crippen LogP contribution < -0.4 is 4.74 Å². The molecule has 0 spiro atoms. The molecular formula is C13H14ClNO3. The van der Waals surface area contributed by atoms with Crippen LogP contribution in [0, 0.1) is 0 Å². The average molecular weight is 268 g/mol. The van der Waals surface area contributed by atoms with Crippen LogP contribution in [0.5, 0.6) is 5.75 Å². The minimum absolute atomic E-state index is 0.556. The van der Waals surface area contributed by atoms with Gasteiger partial charge in [-0.25, -0.2) is 4.79 Å². The number of nitrogens with zero attached hydrogens (tertiary/aromatic N) is 1.